The van der Waals surface area contributed by atoms with E-state index in [-0.39, 0.29) is 5.82 Å². The second-order valence-electron chi connectivity index (χ2n) is 6.71. The summed E-state index contributed by atoms with van der Waals surface area (Å²) in [6.45, 7) is 9.63. The van der Waals surface area contributed by atoms with Crippen molar-refractivity contribution in [2.45, 2.75) is 27.2 Å². The molecule has 0 radical (unpaired) electrons. The van der Waals surface area contributed by atoms with Crippen LogP contribution in [0.5, 0.6) is 0 Å². The van der Waals surface area contributed by atoms with Gasteiger partial charge in [0.05, 0.1) is 11.1 Å². The maximum Gasteiger partial charge on any atom is 0.146 e. The Kier molecular flexibility index (Phi) is 4.53. The van der Waals surface area contributed by atoms with E-state index in [0.717, 1.165) is 49.1 Å². The van der Waals surface area contributed by atoms with Gasteiger partial charge in [0.1, 0.15) is 22.3 Å². The molecule has 136 valence electrons. The number of piperazine rings is 1. The van der Waals surface area contributed by atoms with Crippen molar-refractivity contribution in [1.29, 1.82) is 0 Å². The van der Waals surface area contributed by atoms with E-state index in [1.807, 2.05) is 12.1 Å². The second-order valence-corrected chi connectivity index (χ2v) is 7.91. The van der Waals surface area contributed by atoms with Crippen molar-refractivity contribution in [1.82, 2.24) is 9.97 Å². The lowest BCUT2D eigenvalue weighted by atomic mass is 10.1. The highest BCUT2D eigenvalue weighted by atomic mass is 32.1. The summed E-state index contributed by atoms with van der Waals surface area (Å²) in [6, 6.07) is 7.01. The highest BCUT2D eigenvalue weighted by Gasteiger charge is 2.24. The van der Waals surface area contributed by atoms with Gasteiger partial charge < -0.3 is 9.80 Å². The van der Waals surface area contributed by atoms with Gasteiger partial charge >= 0.3 is 0 Å². The van der Waals surface area contributed by atoms with Crippen LogP contribution in [0.1, 0.15) is 23.2 Å². The van der Waals surface area contributed by atoms with Crippen molar-refractivity contribution in [2.75, 3.05) is 36.0 Å². The first kappa shape index (κ1) is 17.2. The Morgan fingerprint density at radius 1 is 1.04 bits per heavy atom. The summed E-state index contributed by atoms with van der Waals surface area (Å²) in [5.41, 5.74) is 1.97. The van der Waals surface area contributed by atoms with Gasteiger partial charge in [0.25, 0.3) is 0 Å². The molecule has 1 saturated heterocycles. The van der Waals surface area contributed by atoms with Gasteiger partial charge in [0.15, 0.2) is 0 Å². The summed E-state index contributed by atoms with van der Waals surface area (Å²) in [6.07, 6.45) is 0.828. The molecule has 0 aliphatic carbocycles. The molecule has 1 aromatic carbocycles. The molecule has 26 heavy (non-hydrogen) atoms. The highest BCUT2D eigenvalue weighted by molar-refractivity contribution is 7.18. The minimum Gasteiger partial charge on any atom is -0.366 e. The Morgan fingerprint density at radius 3 is 2.42 bits per heavy atom. The molecule has 0 unspecified atom stereocenters. The topological polar surface area (TPSA) is 32.3 Å². The number of benzene rings is 1. The fraction of sp³-hybridized carbons (Fsp3) is 0.400. The van der Waals surface area contributed by atoms with E-state index < -0.39 is 0 Å². The molecular formula is C20H23FN4S. The van der Waals surface area contributed by atoms with Crippen LogP contribution < -0.4 is 9.80 Å². The van der Waals surface area contributed by atoms with E-state index in [4.69, 9.17) is 9.97 Å². The first-order chi connectivity index (χ1) is 12.6. The zero-order valence-electron chi connectivity index (χ0n) is 15.4. The zero-order valence-corrected chi connectivity index (χ0v) is 16.2. The summed E-state index contributed by atoms with van der Waals surface area (Å²) in [7, 11) is 0. The van der Waals surface area contributed by atoms with Crippen LogP contribution in [0.2, 0.25) is 0 Å². The van der Waals surface area contributed by atoms with Gasteiger partial charge in [0, 0.05) is 37.5 Å². The number of nitrogens with zero attached hydrogens (tertiary/aromatic N) is 4. The highest BCUT2D eigenvalue weighted by Crippen LogP contribution is 2.35. The Bertz CT molecular complexity index is 944. The number of thiophene rings is 1. The number of rotatable bonds is 3. The lowest BCUT2D eigenvalue weighted by Gasteiger charge is -2.37. The average molecular weight is 370 g/mol. The number of aromatic nitrogens is 2. The standard InChI is InChI=1S/C20H23FN4S/c1-4-17-22-19(18-13(2)14(3)26-20(18)23-17)25-11-9-24(10-12-25)16-8-6-5-7-15(16)21/h5-8H,4,9-12H2,1-3H3. The Balaban J connectivity index is 1.64. The third-order valence-corrected chi connectivity index (χ3v) is 6.25. The van der Waals surface area contributed by atoms with Crippen LogP contribution in [-0.2, 0) is 6.42 Å². The van der Waals surface area contributed by atoms with E-state index in [1.165, 1.54) is 21.9 Å². The summed E-state index contributed by atoms with van der Waals surface area (Å²) < 4.78 is 14.1. The van der Waals surface area contributed by atoms with Crippen molar-refractivity contribution >= 4 is 33.1 Å². The number of para-hydroxylation sites is 1. The lowest BCUT2D eigenvalue weighted by Crippen LogP contribution is -2.47. The molecule has 3 heterocycles. The molecule has 1 aliphatic rings. The van der Waals surface area contributed by atoms with E-state index >= 15 is 0 Å². The number of fused-ring (bicyclic) bond motifs is 1. The van der Waals surface area contributed by atoms with Gasteiger partial charge in [-0.05, 0) is 31.5 Å². The van der Waals surface area contributed by atoms with Crippen LogP contribution in [0.3, 0.4) is 0 Å². The van der Waals surface area contributed by atoms with Crippen molar-refractivity contribution in [3.63, 3.8) is 0 Å². The van der Waals surface area contributed by atoms with Crippen molar-refractivity contribution in [2.24, 2.45) is 0 Å². The molecular weight excluding hydrogens is 347 g/mol. The van der Waals surface area contributed by atoms with Gasteiger partial charge in [-0.2, -0.15) is 0 Å². The zero-order chi connectivity index (χ0) is 18.3. The monoisotopic (exact) mass is 370 g/mol. The maximum atomic E-state index is 14.1. The number of halogens is 1. The van der Waals surface area contributed by atoms with E-state index in [1.54, 1.807) is 17.4 Å². The SMILES string of the molecule is CCc1nc(N2CCN(c3ccccc3F)CC2)c2c(C)c(C)sc2n1. The molecule has 1 fully saturated rings. The van der Waals surface area contributed by atoms with Crippen LogP contribution in [0.4, 0.5) is 15.9 Å². The number of hydrogen-bond acceptors (Lipinski definition) is 5. The Hall–Kier alpha value is -2.21. The largest absolute Gasteiger partial charge is 0.366 e. The number of aryl methyl sites for hydroxylation is 3. The molecule has 2 aromatic heterocycles. The minimum absolute atomic E-state index is 0.150. The van der Waals surface area contributed by atoms with Crippen molar-refractivity contribution in [3.8, 4) is 0 Å². The smallest absolute Gasteiger partial charge is 0.146 e. The van der Waals surface area contributed by atoms with Crippen LogP contribution in [-0.4, -0.2) is 36.1 Å². The third kappa shape index (κ3) is 2.92. The first-order valence-electron chi connectivity index (χ1n) is 9.09. The minimum atomic E-state index is -0.150. The van der Waals surface area contributed by atoms with Gasteiger partial charge in [0.2, 0.25) is 0 Å². The quantitative estimate of drug-likeness (QED) is 0.687. The van der Waals surface area contributed by atoms with Crippen molar-refractivity contribution < 1.29 is 4.39 Å². The van der Waals surface area contributed by atoms with Crippen LogP contribution in [0.25, 0.3) is 10.2 Å². The molecule has 4 rings (SSSR count). The third-order valence-electron chi connectivity index (χ3n) is 5.14. The molecule has 1 aliphatic heterocycles. The van der Waals surface area contributed by atoms with Crippen molar-refractivity contribution in [3.05, 3.63) is 46.3 Å². The summed E-state index contributed by atoms with van der Waals surface area (Å²) in [5.74, 6) is 1.79. The molecule has 3 aromatic rings. The molecule has 0 bridgehead atoms. The van der Waals surface area contributed by atoms with E-state index in [9.17, 15) is 4.39 Å². The van der Waals surface area contributed by atoms with Gasteiger partial charge in [-0.15, -0.1) is 11.3 Å². The normalized spacial score (nSPS) is 15.1. The Labute approximate surface area is 157 Å². The number of anilines is 2. The molecule has 6 heteroatoms. The molecule has 0 amide bonds. The summed E-state index contributed by atoms with van der Waals surface area (Å²) in [4.78, 5) is 16.4. The summed E-state index contributed by atoms with van der Waals surface area (Å²) in [5, 5.41) is 1.18. The number of hydrogen-bond donors (Lipinski definition) is 0. The predicted octanol–water partition coefficient (Wildman–Crippen LogP) is 4.34. The molecule has 0 spiro atoms. The van der Waals surface area contributed by atoms with Gasteiger partial charge in [-0.25, -0.2) is 14.4 Å². The average Bonchev–Trinajstić information content (AvgIpc) is 2.95. The van der Waals surface area contributed by atoms with Crippen LogP contribution >= 0.6 is 11.3 Å². The second kappa shape index (κ2) is 6.83. The first-order valence-corrected chi connectivity index (χ1v) is 9.91. The Morgan fingerprint density at radius 2 is 1.73 bits per heavy atom. The van der Waals surface area contributed by atoms with E-state index in [0.29, 0.717) is 5.69 Å². The molecule has 0 atom stereocenters. The van der Waals surface area contributed by atoms with Crippen LogP contribution in [0, 0.1) is 19.7 Å². The molecule has 0 saturated carbocycles. The fourth-order valence-electron chi connectivity index (χ4n) is 3.53. The fourth-order valence-corrected chi connectivity index (χ4v) is 4.57. The van der Waals surface area contributed by atoms with E-state index in [2.05, 4.69) is 30.6 Å². The van der Waals surface area contributed by atoms with Gasteiger partial charge in [-0.1, -0.05) is 19.1 Å². The van der Waals surface area contributed by atoms with Gasteiger partial charge in [-0.3, -0.25) is 0 Å². The predicted molar refractivity (Wildman–Crippen MR) is 107 cm³/mol. The molecule has 0 N–H and O–H groups in total. The maximum absolute atomic E-state index is 14.1. The molecule has 4 nitrogen and oxygen atoms in total. The van der Waals surface area contributed by atoms with Crippen LogP contribution in [0.15, 0.2) is 24.3 Å². The lowest BCUT2D eigenvalue weighted by molar-refractivity contribution is 0.596. The summed E-state index contributed by atoms with van der Waals surface area (Å²) >= 11 is 1.75.